The van der Waals surface area contributed by atoms with Gasteiger partial charge in [-0.3, -0.25) is 14.5 Å². The number of carbonyl (C=O) groups is 1. The van der Waals surface area contributed by atoms with Crippen molar-refractivity contribution in [2.45, 2.75) is 53.0 Å². The highest BCUT2D eigenvalue weighted by molar-refractivity contribution is 7.15. The number of anilines is 1. The van der Waals surface area contributed by atoms with Crippen LogP contribution < -0.4 is 10.3 Å². The second-order valence-corrected chi connectivity index (χ2v) is 10.7. The summed E-state index contributed by atoms with van der Waals surface area (Å²) in [6.07, 6.45) is 0.779. The topological polar surface area (TPSA) is 76.3 Å². The average Bonchev–Trinajstić information content (AvgIpc) is 3.36. The smallest absolute Gasteiger partial charge is 0.297 e. The third kappa shape index (κ3) is 3.74. The van der Waals surface area contributed by atoms with Crippen LogP contribution in [0.2, 0.25) is 0 Å². The molecule has 0 fully saturated rings. The van der Waals surface area contributed by atoms with Crippen LogP contribution in [-0.4, -0.2) is 16.1 Å². The summed E-state index contributed by atoms with van der Waals surface area (Å²) in [6, 6.07) is 12.9. The van der Waals surface area contributed by atoms with Crippen LogP contribution in [-0.2, 0) is 6.42 Å². The summed E-state index contributed by atoms with van der Waals surface area (Å²) in [5, 5.41) is 10.5. The van der Waals surface area contributed by atoms with E-state index in [2.05, 4.69) is 50.0 Å². The number of aromatic nitrogens is 2. The van der Waals surface area contributed by atoms with Crippen LogP contribution in [0, 0.1) is 12.8 Å². The number of benzene rings is 2. The first-order chi connectivity index (χ1) is 16.2. The van der Waals surface area contributed by atoms with Crippen molar-refractivity contribution in [2.75, 3.05) is 4.90 Å². The van der Waals surface area contributed by atoms with Crippen molar-refractivity contribution in [3.8, 4) is 0 Å². The Bertz CT molecular complexity index is 1450. The molecule has 2 aromatic heterocycles. The molecule has 34 heavy (non-hydrogen) atoms. The third-order valence-electron chi connectivity index (χ3n) is 6.19. The Kier molecular flexibility index (Phi) is 5.60. The molecule has 0 saturated heterocycles. The molecule has 0 bridgehead atoms. The zero-order valence-electron chi connectivity index (χ0n) is 20.0. The predicted octanol–water partition coefficient (Wildman–Crippen LogP) is 6.02. The molecule has 1 atom stereocenters. The van der Waals surface area contributed by atoms with E-state index in [1.807, 2.05) is 31.2 Å². The first kappa shape index (κ1) is 22.5. The molecule has 0 aliphatic carbocycles. The molecule has 4 aromatic rings. The van der Waals surface area contributed by atoms with Gasteiger partial charge in [-0.2, -0.15) is 0 Å². The van der Waals surface area contributed by atoms with Crippen LogP contribution in [0.4, 0.5) is 5.13 Å². The molecule has 1 aliphatic rings. The van der Waals surface area contributed by atoms with Crippen molar-refractivity contribution >= 4 is 33.3 Å². The van der Waals surface area contributed by atoms with Crippen molar-refractivity contribution in [3.05, 3.63) is 85.7 Å². The molecule has 0 saturated carbocycles. The van der Waals surface area contributed by atoms with Gasteiger partial charge in [0.05, 0.1) is 17.0 Å². The molecule has 0 unspecified atom stereocenters. The minimum Gasteiger partial charge on any atom is -0.450 e. The molecule has 7 heteroatoms. The lowest BCUT2D eigenvalue weighted by molar-refractivity contribution is 0.0970. The maximum Gasteiger partial charge on any atom is 0.297 e. The van der Waals surface area contributed by atoms with Gasteiger partial charge in [-0.25, -0.2) is 0 Å². The number of hydrogen-bond acceptors (Lipinski definition) is 6. The Labute approximate surface area is 202 Å². The van der Waals surface area contributed by atoms with Crippen LogP contribution in [0.5, 0.6) is 0 Å². The zero-order chi connectivity index (χ0) is 24.1. The van der Waals surface area contributed by atoms with E-state index >= 15 is 0 Å². The normalized spacial score (nSPS) is 15.7. The Morgan fingerprint density at radius 2 is 1.76 bits per heavy atom. The number of hydrogen-bond donors (Lipinski definition) is 0. The average molecular weight is 474 g/mol. The quantitative estimate of drug-likeness (QED) is 0.354. The van der Waals surface area contributed by atoms with E-state index in [1.54, 1.807) is 11.0 Å². The number of nitrogens with zero attached hydrogens (tertiary/aromatic N) is 3. The highest BCUT2D eigenvalue weighted by atomic mass is 32.1. The van der Waals surface area contributed by atoms with Gasteiger partial charge in [0.25, 0.3) is 5.91 Å². The van der Waals surface area contributed by atoms with Gasteiger partial charge in [-0.1, -0.05) is 74.9 Å². The molecule has 0 spiro atoms. The van der Waals surface area contributed by atoms with E-state index in [-0.39, 0.29) is 17.1 Å². The second-order valence-electron chi connectivity index (χ2n) is 9.65. The number of carbonyl (C=O) groups excluding carboxylic acids is 1. The maximum atomic E-state index is 13.7. The van der Waals surface area contributed by atoms with E-state index in [0.29, 0.717) is 33.5 Å². The lowest BCUT2D eigenvalue weighted by Crippen LogP contribution is -2.29. The fourth-order valence-electron chi connectivity index (χ4n) is 4.44. The predicted molar refractivity (Wildman–Crippen MR) is 135 cm³/mol. The molecule has 2 aromatic carbocycles. The van der Waals surface area contributed by atoms with E-state index < -0.39 is 6.04 Å². The van der Waals surface area contributed by atoms with Gasteiger partial charge in [0.2, 0.25) is 10.9 Å². The first-order valence-electron chi connectivity index (χ1n) is 11.6. The first-order valence-corrected chi connectivity index (χ1v) is 12.4. The number of aryl methyl sites for hydroxylation is 1. The highest BCUT2D eigenvalue weighted by Gasteiger charge is 2.45. The molecule has 0 N–H and O–H groups in total. The van der Waals surface area contributed by atoms with Gasteiger partial charge in [-0.05, 0) is 42.0 Å². The van der Waals surface area contributed by atoms with Crippen molar-refractivity contribution in [2.24, 2.45) is 5.92 Å². The minimum absolute atomic E-state index is 0.0832. The third-order valence-corrected chi connectivity index (χ3v) is 7.13. The number of amides is 1. The minimum atomic E-state index is -0.621. The van der Waals surface area contributed by atoms with Gasteiger partial charge in [0, 0.05) is 6.42 Å². The van der Waals surface area contributed by atoms with Gasteiger partial charge in [0.1, 0.15) is 10.6 Å². The van der Waals surface area contributed by atoms with Crippen LogP contribution in [0.1, 0.15) is 77.5 Å². The Balaban J connectivity index is 1.72. The fraction of sp³-hybridized carbons (Fsp3) is 0.333. The highest BCUT2D eigenvalue weighted by Crippen LogP contribution is 2.42. The Hall–Kier alpha value is -3.32. The molecule has 6 nitrogen and oxygen atoms in total. The summed E-state index contributed by atoms with van der Waals surface area (Å²) >= 11 is 1.39. The summed E-state index contributed by atoms with van der Waals surface area (Å²) in [5.41, 5.74) is 3.59. The summed E-state index contributed by atoms with van der Waals surface area (Å²) in [5.74, 6) is 0.518. The van der Waals surface area contributed by atoms with Gasteiger partial charge in [0.15, 0.2) is 5.43 Å². The molecule has 1 aliphatic heterocycles. The SMILES string of the molecule is Cc1ccc2oc3c(c(=O)c2c1)[C@H](c1ccc(C(C)C)cc1)N(c1nnc(CC(C)C)s1)C3=O. The molecule has 174 valence electrons. The van der Waals surface area contributed by atoms with Gasteiger partial charge < -0.3 is 4.42 Å². The van der Waals surface area contributed by atoms with Crippen molar-refractivity contribution in [3.63, 3.8) is 0 Å². The lowest BCUT2D eigenvalue weighted by atomic mass is 9.95. The maximum absolute atomic E-state index is 13.7. The van der Waals surface area contributed by atoms with E-state index in [0.717, 1.165) is 22.6 Å². The van der Waals surface area contributed by atoms with Crippen LogP contribution in [0.25, 0.3) is 11.0 Å². The number of rotatable bonds is 5. The lowest BCUT2D eigenvalue weighted by Gasteiger charge is -2.22. The monoisotopic (exact) mass is 473 g/mol. The van der Waals surface area contributed by atoms with Gasteiger partial charge in [-0.15, -0.1) is 10.2 Å². The summed E-state index contributed by atoms with van der Waals surface area (Å²) < 4.78 is 6.05. The standard InChI is InChI=1S/C27H27N3O3S/c1-14(2)12-21-28-29-27(34-21)30-23(18-9-7-17(8-10-18)15(3)4)22-24(31)19-13-16(5)6-11-20(19)33-25(22)26(30)32/h6-11,13-15,23H,12H2,1-5H3/t23-/m0/s1. The number of fused-ring (bicyclic) bond motifs is 2. The summed E-state index contributed by atoms with van der Waals surface area (Å²) in [6.45, 7) is 10.4. The molecular formula is C27H27N3O3S. The molecule has 5 rings (SSSR count). The summed E-state index contributed by atoms with van der Waals surface area (Å²) in [4.78, 5) is 29.0. The van der Waals surface area contributed by atoms with E-state index in [4.69, 9.17) is 4.42 Å². The van der Waals surface area contributed by atoms with Crippen LogP contribution in [0.3, 0.4) is 0 Å². The van der Waals surface area contributed by atoms with Gasteiger partial charge >= 0.3 is 0 Å². The van der Waals surface area contributed by atoms with Crippen LogP contribution in [0.15, 0.2) is 51.7 Å². The van der Waals surface area contributed by atoms with E-state index in [1.165, 1.54) is 16.9 Å². The largest absolute Gasteiger partial charge is 0.450 e. The van der Waals surface area contributed by atoms with Crippen LogP contribution >= 0.6 is 11.3 Å². The molecular weight excluding hydrogens is 446 g/mol. The van der Waals surface area contributed by atoms with Crippen molar-refractivity contribution in [1.29, 1.82) is 0 Å². The Morgan fingerprint density at radius 3 is 2.44 bits per heavy atom. The molecule has 0 radical (unpaired) electrons. The molecule has 1 amide bonds. The zero-order valence-corrected chi connectivity index (χ0v) is 20.8. The van der Waals surface area contributed by atoms with Crippen molar-refractivity contribution < 1.29 is 9.21 Å². The summed E-state index contributed by atoms with van der Waals surface area (Å²) in [7, 11) is 0. The molecule has 3 heterocycles. The second kappa shape index (κ2) is 8.47. The fourth-order valence-corrected chi connectivity index (χ4v) is 5.51. The van der Waals surface area contributed by atoms with Crippen molar-refractivity contribution in [1.82, 2.24) is 10.2 Å². The Morgan fingerprint density at radius 1 is 1.03 bits per heavy atom. The van der Waals surface area contributed by atoms with E-state index in [9.17, 15) is 9.59 Å².